The quantitative estimate of drug-likeness (QED) is 0.800. The van der Waals surface area contributed by atoms with Crippen LogP contribution >= 0.6 is 0 Å². The maximum absolute atomic E-state index is 12.6. The summed E-state index contributed by atoms with van der Waals surface area (Å²) in [5.74, 6) is -0.567. The molecule has 2 aromatic carbocycles. The van der Waals surface area contributed by atoms with Gasteiger partial charge in [-0.05, 0) is 55.3 Å². The van der Waals surface area contributed by atoms with Crippen LogP contribution in [0, 0.1) is 0 Å². The summed E-state index contributed by atoms with van der Waals surface area (Å²) in [6, 6.07) is 12.5. The number of amides is 3. The minimum absolute atomic E-state index is 0.0424. The number of rotatable bonds is 2. The topological polar surface area (TPSA) is 78.5 Å². The number of piperidine rings is 1. The summed E-state index contributed by atoms with van der Waals surface area (Å²) >= 11 is 0. The van der Waals surface area contributed by atoms with Gasteiger partial charge >= 0.3 is 0 Å². The fourth-order valence-corrected chi connectivity index (χ4v) is 4.45. The van der Waals surface area contributed by atoms with Crippen LogP contribution in [0.3, 0.4) is 0 Å². The number of imide groups is 1. The van der Waals surface area contributed by atoms with Crippen molar-refractivity contribution in [3.05, 3.63) is 70.3 Å². The van der Waals surface area contributed by atoms with E-state index in [1.807, 2.05) is 18.2 Å². The molecule has 0 aliphatic carbocycles. The second-order valence-corrected chi connectivity index (χ2v) is 7.41. The number of fused-ring (bicyclic) bond motifs is 3. The Labute approximate surface area is 156 Å². The molecule has 136 valence electrons. The molecule has 5 rings (SSSR count). The Morgan fingerprint density at radius 3 is 2.22 bits per heavy atom. The van der Waals surface area contributed by atoms with E-state index in [1.165, 1.54) is 4.90 Å². The van der Waals surface area contributed by atoms with Gasteiger partial charge in [0.15, 0.2) is 0 Å². The van der Waals surface area contributed by atoms with E-state index in [1.54, 1.807) is 24.3 Å². The van der Waals surface area contributed by atoms with Crippen molar-refractivity contribution in [2.75, 3.05) is 13.1 Å². The van der Waals surface area contributed by atoms with E-state index in [0.717, 1.165) is 37.1 Å². The largest absolute Gasteiger partial charge is 0.342 e. The summed E-state index contributed by atoms with van der Waals surface area (Å²) in [4.78, 5) is 38.9. The first kappa shape index (κ1) is 16.2. The Morgan fingerprint density at radius 2 is 1.56 bits per heavy atom. The van der Waals surface area contributed by atoms with Crippen molar-refractivity contribution < 1.29 is 14.4 Å². The summed E-state index contributed by atoms with van der Waals surface area (Å²) in [5.41, 5.74) is 3.12. The highest BCUT2D eigenvalue weighted by molar-refractivity contribution is 6.21. The lowest BCUT2D eigenvalue weighted by atomic mass is 9.82. The van der Waals surface area contributed by atoms with Crippen molar-refractivity contribution >= 4 is 17.7 Å². The lowest BCUT2D eigenvalue weighted by Gasteiger charge is -2.35. The summed E-state index contributed by atoms with van der Waals surface area (Å²) in [5, 5.41) is 6.49. The molecule has 27 heavy (non-hydrogen) atoms. The lowest BCUT2D eigenvalue weighted by molar-refractivity contribution is 0.0642. The first-order chi connectivity index (χ1) is 13.1. The number of nitrogens with one attached hydrogen (secondary N) is 2. The fraction of sp³-hybridized carbons (Fsp3) is 0.286. The van der Waals surface area contributed by atoms with Gasteiger partial charge in [0.1, 0.15) is 0 Å². The predicted octanol–water partition coefficient (Wildman–Crippen LogP) is 1.80. The zero-order valence-electron chi connectivity index (χ0n) is 14.7. The third-order valence-corrected chi connectivity index (χ3v) is 5.87. The normalized spacial score (nSPS) is 20.0. The highest BCUT2D eigenvalue weighted by Gasteiger charge is 2.43. The van der Waals surface area contributed by atoms with E-state index >= 15 is 0 Å². The van der Waals surface area contributed by atoms with Gasteiger partial charge in [-0.2, -0.15) is 0 Å². The molecule has 0 bridgehead atoms. The minimum Gasteiger partial charge on any atom is -0.342 e. The van der Waals surface area contributed by atoms with Crippen molar-refractivity contribution in [2.24, 2.45) is 0 Å². The van der Waals surface area contributed by atoms with Gasteiger partial charge in [-0.1, -0.05) is 24.3 Å². The highest BCUT2D eigenvalue weighted by Crippen LogP contribution is 2.38. The van der Waals surface area contributed by atoms with Gasteiger partial charge in [0.05, 0.1) is 23.2 Å². The van der Waals surface area contributed by atoms with Gasteiger partial charge in [0.2, 0.25) is 0 Å². The minimum atomic E-state index is -0.338. The molecule has 2 N–H and O–H groups in total. The van der Waals surface area contributed by atoms with Crippen molar-refractivity contribution in [3.8, 4) is 0 Å². The molecule has 3 heterocycles. The molecule has 0 unspecified atom stereocenters. The Morgan fingerprint density at radius 1 is 0.889 bits per heavy atom. The predicted molar refractivity (Wildman–Crippen MR) is 98.3 cm³/mol. The van der Waals surface area contributed by atoms with Crippen LogP contribution in [-0.4, -0.2) is 35.7 Å². The Hall–Kier alpha value is -2.99. The molecule has 6 nitrogen and oxygen atoms in total. The summed E-state index contributed by atoms with van der Waals surface area (Å²) in [7, 11) is 0. The van der Waals surface area contributed by atoms with Gasteiger partial charge in [0, 0.05) is 5.56 Å². The van der Waals surface area contributed by atoms with Crippen LogP contribution in [-0.2, 0) is 12.1 Å². The lowest BCUT2D eigenvalue weighted by Crippen LogP contribution is -2.47. The van der Waals surface area contributed by atoms with Gasteiger partial charge in [-0.15, -0.1) is 0 Å². The molecule has 1 fully saturated rings. The molecule has 1 spiro atoms. The third-order valence-electron chi connectivity index (χ3n) is 5.87. The van der Waals surface area contributed by atoms with Gasteiger partial charge < -0.3 is 10.6 Å². The molecular formula is C21H19N3O3. The number of carbonyl (C=O) groups excluding carboxylic acids is 3. The first-order valence-electron chi connectivity index (χ1n) is 9.21. The Balaban J connectivity index is 1.48. The maximum atomic E-state index is 12.6. The smallest absolute Gasteiger partial charge is 0.261 e. The second kappa shape index (κ2) is 5.76. The van der Waals surface area contributed by atoms with E-state index in [2.05, 4.69) is 10.6 Å². The average molecular weight is 361 g/mol. The van der Waals surface area contributed by atoms with Gasteiger partial charge in [-0.25, -0.2) is 0 Å². The van der Waals surface area contributed by atoms with Crippen molar-refractivity contribution in [2.45, 2.75) is 24.9 Å². The van der Waals surface area contributed by atoms with E-state index in [-0.39, 0.29) is 29.8 Å². The van der Waals surface area contributed by atoms with Crippen molar-refractivity contribution in [1.29, 1.82) is 0 Å². The van der Waals surface area contributed by atoms with Crippen molar-refractivity contribution in [1.82, 2.24) is 15.5 Å². The standard InChI is InChI=1S/C21H19N3O3/c25-18-16-6-5-13(11-17(16)21(23-18)7-9-22-10-8-21)12-24-19(26)14-3-1-2-4-15(14)20(24)27/h1-6,11,22H,7-10,12H2,(H,23,25). The first-order valence-corrected chi connectivity index (χ1v) is 9.21. The monoisotopic (exact) mass is 361 g/mol. The van der Waals surface area contributed by atoms with Gasteiger partial charge in [-0.3, -0.25) is 19.3 Å². The number of benzene rings is 2. The zero-order chi connectivity index (χ0) is 18.6. The number of carbonyl (C=O) groups is 3. The molecule has 3 aliphatic rings. The van der Waals surface area contributed by atoms with Crippen LogP contribution in [0.25, 0.3) is 0 Å². The molecule has 3 amide bonds. The molecule has 3 aliphatic heterocycles. The molecular weight excluding hydrogens is 342 g/mol. The summed E-state index contributed by atoms with van der Waals surface area (Å²) < 4.78 is 0. The van der Waals surface area contributed by atoms with Crippen LogP contribution in [0.4, 0.5) is 0 Å². The maximum Gasteiger partial charge on any atom is 0.261 e. The van der Waals surface area contributed by atoms with Crippen molar-refractivity contribution in [3.63, 3.8) is 0 Å². The van der Waals surface area contributed by atoms with Crippen LogP contribution in [0.2, 0.25) is 0 Å². The van der Waals surface area contributed by atoms with Crippen LogP contribution in [0.5, 0.6) is 0 Å². The van der Waals surface area contributed by atoms with Gasteiger partial charge in [0.25, 0.3) is 17.7 Å². The zero-order valence-corrected chi connectivity index (χ0v) is 14.7. The summed E-state index contributed by atoms with van der Waals surface area (Å²) in [6.45, 7) is 1.91. The van der Waals surface area contributed by atoms with Crippen LogP contribution in [0.15, 0.2) is 42.5 Å². The molecule has 0 atom stereocenters. The van der Waals surface area contributed by atoms with Crippen LogP contribution in [0.1, 0.15) is 55.0 Å². The molecule has 6 heteroatoms. The number of hydrogen-bond donors (Lipinski definition) is 2. The second-order valence-electron chi connectivity index (χ2n) is 7.41. The third kappa shape index (κ3) is 2.33. The molecule has 0 radical (unpaired) electrons. The van der Waals surface area contributed by atoms with E-state index in [4.69, 9.17) is 0 Å². The van der Waals surface area contributed by atoms with Crippen LogP contribution < -0.4 is 10.6 Å². The van der Waals surface area contributed by atoms with E-state index in [9.17, 15) is 14.4 Å². The SMILES string of the molecule is O=C1NC2(CCNCC2)c2cc(CN3C(=O)c4ccccc4C3=O)ccc21. The fourth-order valence-electron chi connectivity index (χ4n) is 4.45. The highest BCUT2D eigenvalue weighted by atomic mass is 16.2. The molecule has 1 saturated heterocycles. The average Bonchev–Trinajstić information content (AvgIpc) is 3.09. The Kier molecular flexibility index (Phi) is 3.45. The molecule has 0 aromatic heterocycles. The number of nitrogens with zero attached hydrogens (tertiary/aromatic N) is 1. The number of hydrogen-bond acceptors (Lipinski definition) is 4. The van der Waals surface area contributed by atoms with E-state index in [0.29, 0.717) is 16.7 Å². The molecule has 2 aromatic rings. The molecule has 0 saturated carbocycles. The Bertz CT molecular complexity index is 957. The summed E-state index contributed by atoms with van der Waals surface area (Å²) in [6.07, 6.45) is 1.67. The van der Waals surface area contributed by atoms with E-state index < -0.39 is 0 Å².